The molecule has 0 amide bonds. The molecule has 2 aliphatic rings. The molecule has 0 aromatic rings. The van der Waals surface area contributed by atoms with Crippen molar-refractivity contribution in [2.24, 2.45) is 5.41 Å². The van der Waals surface area contributed by atoms with E-state index in [0.29, 0.717) is 5.41 Å². The van der Waals surface area contributed by atoms with Gasteiger partial charge in [-0.2, -0.15) is 0 Å². The third kappa shape index (κ3) is 5.22. The zero-order chi connectivity index (χ0) is 15.3. The van der Waals surface area contributed by atoms with Crippen LogP contribution in [0.2, 0.25) is 0 Å². The molecule has 3 heteroatoms. The maximum absolute atomic E-state index is 5.79. The number of nitrogens with zero attached hydrogens (tertiary/aromatic N) is 1. The van der Waals surface area contributed by atoms with Crippen molar-refractivity contribution in [3.63, 3.8) is 0 Å². The Morgan fingerprint density at radius 1 is 1.19 bits per heavy atom. The quantitative estimate of drug-likeness (QED) is 0.812. The number of nitrogens with one attached hydrogen (secondary N) is 1. The summed E-state index contributed by atoms with van der Waals surface area (Å²) in [5.41, 5.74) is 0.512. The second-order valence-electron chi connectivity index (χ2n) is 8.26. The largest absolute Gasteiger partial charge is 0.381 e. The highest BCUT2D eigenvalue weighted by Gasteiger charge is 2.38. The maximum atomic E-state index is 5.79. The smallest absolute Gasteiger partial charge is 0.0547 e. The molecular weight excluding hydrogens is 260 g/mol. The lowest BCUT2D eigenvalue weighted by Gasteiger charge is -2.41. The molecule has 0 radical (unpaired) electrons. The van der Waals surface area contributed by atoms with Crippen molar-refractivity contribution >= 4 is 0 Å². The van der Waals surface area contributed by atoms with E-state index in [1.54, 1.807) is 0 Å². The molecule has 0 spiro atoms. The Hall–Kier alpha value is -0.120. The average molecular weight is 296 g/mol. The lowest BCUT2D eigenvalue weighted by atomic mass is 9.84. The van der Waals surface area contributed by atoms with Gasteiger partial charge in [0.1, 0.15) is 0 Å². The first-order chi connectivity index (χ1) is 9.94. The molecule has 124 valence electrons. The summed E-state index contributed by atoms with van der Waals surface area (Å²) in [4.78, 5) is 2.75. The monoisotopic (exact) mass is 296 g/mol. The summed E-state index contributed by atoms with van der Waals surface area (Å²) < 4.78 is 5.79. The van der Waals surface area contributed by atoms with Crippen LogP contribution in [-0.4, -0.2) is 49.3 Å². The Balaban J connectivity index is 1.96. The molecule has 1 unspecified atom stereocenters. The molecule has 1 aliphatic heterocycles. The summed E-state index contributed by atoms with van der Waals surface area (Å²) in [6.07, 6.45) is 8.29. The standard InChI is InChI=1S/C18H36N2O/c1-5-20(16-9-7-6-8-10-16)14-18(11-12-21-15-18)13-19-17(2,3)4/h16,19H,5-15H2,1-4H3. The van der Waals surface area contributed by atoms with E-state index in [1.165, 1.54) is 51.6 Å². The Morgan fingerprint density at radius 3 is 2.43 bits per heavy atom. The number of ether oxygens (including phenoxy) is 1. The molecule has 1 N–H and O–H groups in total. The molecule has 3 nitrogen and oxygen atoms in total. The zero-order valence-corrected chi connectivity index (χ0v) is 14.7. The first-order valence-electron chi connectivity index (χ1n) is 9.01. The zero-order valence-electron chi connectivity index (χ0n) is 14.7. The summed E-state index contributed by atoms with van der Waals surface area (Å²) >= 11 is 0. The lowest BCUT2D eigenvalue weighted by Crippen LogP contribution is -2.51. The fraction of sp³-hybridized carbons (Fsp3) is 1.00. The topological polar surface area (TPSA) is 24.5 Å². The molecule has 2 rings (SSSR count). The normalized spacial score (nSPS) is 28.4. The Bertz CT molecular complexity index is 299. The van der Waals surface area contributed by atoms with Crippen molar-refractivity contribution in [1.82, 2.24) is 10.2 Å². The van der Waals surface area contributed by atoms with Gasteiger partial charge in [-0.15, -0.1) is 0 Å². The van der Waals surface area contributed by atoms with Gasteiger partial charge in [-0.1, -0.05) is 26.2 Å². The molecule has 2 fully saturated rings. The highest BCUT2D eigenvalue weighted by atomic mass is 16.5. The second kappa shape index (κ2) is 7.43. The van der Waals surface area contributed by atoms with Crippen LogP contribution in [0.15, 0.2) is 0 Å². The van der Waals surface area contributed by atoms with Crippen LogP contribution in [0.5, 0.6) is 0 Å². The molecule has 0 aromatic carbocycles. The van der Waals surface area contributed by atoms with E-state index in [2.05, 4.69) is 37.9 Å². The van der Waals surface area contributed by atoms with E-state index < -0.39 is 0 Å². The van der Waals surface area contributed by atoms with Crippen molar-refractivity contribution in [1.29, 1.82) is 0 Å². The average Bonchev–Trinajstić information content (AvgIpc) is 2.92. The highest BCUT2D eigenvalue weighted by Crippen LogP contribution is 2.32. The van der Waals surface area contributed by atoms with Gasteiger partial charge in [0, 0.05) is 36.7 Å². The predicted molar refractivity (Wildman–Crippen MR) is 89.7 cm³/mol. The highest BCUT2D eigenvalue weighted by molar-refractivity contribution is 4.92. The van der Waals surface area contributed by atoms with Gasteiger partial charge in [-0.3, -0.25) is 4.90 Å². The van der Waals surface area contributed by atoms with Gasteiger partial charge in [0.25, 0.3) is 0 Å². The molecule has 1 saturated heterocycles. The molecule has 0 bridgehead atoms. The van der Waals surface area contributed by atoms with Gasteiger partial charge < -0.3 is 10.1 Å². The van der Waals surface area contributed by atoms with Crippen molar-refractivity contribution in [3.05, 3.63) is 0 Å². The van der Waals surface area contributed by atoms with E-state index in [-0.39, 0.29) is 5.54 Å². The van der Waals surface area contributed by atoms with Gasteiger partial charge >= 0.3 is 0 Å². The van der Waals surface area contributed by atoms with Crippen LogP contribution in [-0.2, 0) is 4.74 Å². The van der Waals surface area contributed by atoms with Gasteiger partial charge in [-0.05, 0) is 46.6 Å². The van der Waals surface area contributed by atoms with Crippen LogP contribution in [0, 0.1) is 5.41 Å². The summed E-state index contributed by atoms with van der Waals surface area (Å²) in [5, 5.41) is 3.73. The number of rotatable bonds is 6. The minimum Gasteiger partial charge on any atom is -0.381 e. The van der Waals surface area contributed by atoms with Crippen molar-refractivity contribution in [2.45, 2.75) is 77.8 Å². The fourth-order valence-corrected chi connectivity index (χ4v) is 3.80. The number of hydrogen-bond donors (Lipinski definition) is 1. The summed E-state index contributed by atoms with van der Waals surface area (Å²) in [6, 6.07) is 0.816. The van der Waals surface area contributed by atoms with Gasteiger partial charge in [-0.25, -0.2) is 0 Å². The molecule has 1 saturated carbocycles. The molecule has 0 aromatic heterocycles. The first kappa shape index (κ1) is 17.2. The lowest BCUT2D eigenvalue weighted by molar-refractivity contribution is 0.0712. The molecule has 1 aliphatic carbocycles. The molecular formula is C18H36N2O. The Morgan fingerprint density at radius 2 is 1.90 bits per heavy atom. The van der Waals surface area contributed by atoms with Gasteiger partial charge in [0.05, 0.1) is 6.61 Å². The minimum absolute atomic E-state index is 0.192. The first-order valence-corrected chi connectivity index (χ1v) is 9.01. The third-order valence-electron chi connectivity index (χ3n) is 5.21. The van der Waals surface area contributed by atoms with Crippen molar-refractivity contribution in [2.75, 3.05) is 32.8 Å². The predicted octanol–water partition coefficient (Wildman–Crippen LogP) is 3.44. The summed E-state index contributed by atoms with van der Waals surface area (Å²) in [5.74, 6) is 0. The van der Waals surface area contributed by atoms with Crippen LogP contribution >= 0.6 is 0 Å². The second-order valence-corrected chi connectivity index (χ2v) is 8.26. The van der Waals surface area contributed by atoms with Crippen LogP contribution < -0.4 is 5.32 Å². The van der Waals surface area contributed by atoms with Gasteiger partial charge in [0.15, 0.2) is 0 Å². The van der Waals surface area contributed by atoms with Crippen LogP contribution in [0.4, 0.5) is 0 Å². The van der Waals surface area contributed by atoms with E-state index in [4.69, 9.17) is 4.74 Å². The maximum Gasteiger partial charge on any atom is 0.0547 e. The summed E-state index contributed by atoms with van der Waals surface area (Å²) in [7, 11) is 0. The van der Waals surface area contributed by atoms with Crippen LogP contribution in [0.1, 0.15) is 66.2 Å². The van der Waals surface area contributed by atoms with E-state index >= 15 is 0 Å². The molecule has 21 heavy (non-hydrogen) atoms. The molecule has 1 atom stereocenters. The Kier molecular flexibility index (Phi) is 6.10. The SMILES string of the molecule is CCN(CC1(CNC(C)(C)C)CCOC1)C1CCCCC1. The third-order valence-corrected chi connectivity index (χ3v) is 5.21. The van der Waals surface area contributed by atoms with E-state index in [9.17, 15) is 0 Å². The van der Waals surface area contributed by atoms with E-state index in [0.717, 1.165) is 25.8 Å². The Labute approximate surface area is 131 Å². The van der Waals surface area contributed by atoms with Crippen LogP contribution in [0.25, 0.3) is 0 Å². The van der Waals surface area contributed by atoms with Crippen molar-refractivity contribution in [3.8, 4) is 0 Å². The van der Waals surface area contributed by atoms with Crippen molar-refractivity contribution < 1.29 is 4.74 Å². The fourth-order valence-electron chi connectivity index (χ4n) is 3.80. The molecule has 1 heterocycles. The number of hydrogen-bond acceptors (Lipinski definition) is 3. The summed E-state index contributed by atoms with van der Waals surface area (Å²) in [6.45, 7) is 14.4. The van der Waals surface area contributed by atoms with E-state index in [1.807, 2.05) is 0 Å². The minimum atomic E-state index is 0.192. The van der Waals surface area contributed by atoms with Gasteiger partial charge in [0.2, 0.25) is 0 Å². The van der Waals surface area contributed by atoms with Crippen LogP contribution in [0.3, 0.4) is 0 Å².